The number of benzene rings is 1. The van der Waals surface area contributed by atoms with E-state index in [4.69, 9.17) is 4.74 Å². The SMILES string of the molecule is CNCC(O)c1cc(C(C)C)cc(O)c1OC. The van der Waals surface area contributed by atoms with Crippen LogP contribution in [0.25, 0.3) is 0 Å². The van der Waals surface area contributed by atoms with Crippen LogP contribution in [0.3, 0.4) is 0 Å². The molecule has 0 heterocycles. The number of rotatable bonds is 5. The fourth-order valence-electron chi connectivity index (χ4n) is 1.76. The summed E-state index contributed by atoms with van der Waals surface area (Å²) in [4.78, 5) is 0. The van der Waals surface area contributed by atoms with E-state index in [0.717, 1.165) is 5.56 Å². The maximum Gasteiger partial charge on any atom is 0.166 e. The van der Waals surface area contributed by atoms with Gasteiger partial charge in [-0.3, -0.25) is 0 Å². The fourth-order valence-corrected chi connectivity index (χ4v) is 1.76. The molecule has 1 atom stereocenters. The molecule has 0 radical (unpaired) electrons. The zero-order valence-corrected chi connectivity index (χ0v) is 10.8. The minimum Gasteiger partial charge on any atom is -0.504 e. The molecule has 1 aromatic rings. The average Bonchev–Trinajstić information content (AvgIpc) is 2.28. The summed E-state index contributed by atoms with van der Waals surface area (Å²) in [7, 11) is 3.25. The van der Waals surface area contributed by atoms with Gasteiger partial charge in [0.25, 0.3) is 0 Å². The van der Waals surface area contributed by atoms with Crippen LogP contribution in [-0.2, 0) is 0 Å². The van der Waals surface area contributed by atoms with Gasteiger partial charge in [-0.25, -0.2) is 0 Å². The van der Waals surface area contributed by atoms with E-state index in [2.05, 4.69) is 5.32 Å². The lowest BCUT2D eigenvalue weighted by atomic mass is 9.97. The van der Waals surface area contributed by atoms with Crippen molar-refractivity contribution in [3.05, 3.63) is 23.3 Å². The van der Waals surface area contributed by atoms with E-state index in [1.54, 1.807) is 13.1 Å². The topological polar surface area (TPSA) is 61.7 Å². The molecule has 0 saturated carbocycles. The van der Waals surface area contributed by atoms with Crippen LogP contribution >= 0.6 is 0 Å². The Kier molecular flexibility index (Phi) is 4.78. The van der Waals surface area contributed by atoms with Gasteiger partial charge in [0.1, 0.15) is 0 Å². The van der Waals surface area contributed by atoms with Crippen LogP contribution in [0, 0.1) is 0 Å². The highest BCUT2D eigenvalue weighted by Crippen LogP contribution is 2.37. The molecular weight excluding hydrogens is 218 g/mol. The molecule has 4 nitrogen and oxygen atoms in total. The summed E-state index contributed by atoms with van der Waals surface area (Å²) in [6.45, 7) is 4.49. The third kappa shape index (κ3) is 3.11. The molecule has 0 fully saturated rings. The summed E-state index contributed by atoms with van der Waals surface area (Å²) in [6, 6.07) is 3.56. The van der Waals surface area contributed by atoms with Crippen molar-refractivity contribution in [3.63, 3.8) is 0 Å². The smallest absolute Gasteiger partial charge is 0.166 e. The van der Waals surface area contributed by atoms with Gasteiger partial charge in [-0.05, 0) is 30.7 Å². The van der Waals surface area contributed by atoms with Gasteiger partial charge in [-0.15, -0.1) is 0 Å². The van der Waals surface area contributed by atoms with E-state index in [9.17, 15) is 10.2 Å². The second-order valence-corrected chi connectivity index (χ2v) is 4.39. The Bertz CT molecular complexity index is 377. The molecule has 0 saturated heterocycles. The summed E-state index contributed by atoms with van der Waals surface area (Å²) in [5, 5.41) is 22.8. The minimum absolute atomic E-state index is 0.0730. The number of phenolic OH excluding ortho intramolecular Hbond substituents is 1. The Balaban J connectivity index is 3.23. The molecular formula is C13H21NO3. The van der Waals surface area contributed by atoms with E-state index < -0.39 is 6.10 Å². The Morgan fingerprint density at radius 1 is 1.35 bits per heavy atom. The van der Waals surface area contributed by atoms with Crippen LogP contribution in [0.2, 0.25) is 0 Å². The van der Waals surface area contributed by atoms with Crippen molar-refractivity contribution in [2.45, 2.75) is 25.9 Å². The highest BCUT2D eigenvalue weighted by atomic mass is 16.5. The van der Waals surface area contributed by atoms with Crippen molar-refractivity contribution >= 4 is 0 Å². The van der Waals surface area contributed by atoms with Crippen molar-refractivity contribution in [1.29, 1.82) is 0 Å². The van der Waals surface area contributed by atoms with Crippen LogP contribution in [0.4, 0.5) is 0 Å². The number of phenols is 1. The van der Waals surface area contributed by atoms with Gasteiger partial charge in [-0.2, -0.15) is 0 Å². The Morgan fingerprint density at radius 2 is 2.00 bits per heavy atom. The van der Waals surface area contributed by atoms with Gasteiger partial charge in [-0.1, -0.05) is 13.8 Å². The highest BCUT2D eigenvalue weighted by Gasteiger charge is 2.18. The predicted octanol–water partition coefficient (Wildman–Crippen LogP) is 1.78. The number of methoxy groups -OCH3 is 1. The first-order valence-corrected chi connectivity index (χ1v) is 5.74. The van der Waals surface area contributed by atoms with Crippen molar-refractivity contribution < 1.29 is 14.9 Å². The lowest BCUT2D eigenvalue weighted by Crippen LogP contribution is -2.17. The van der Waals surface area contributed by atoms with E-state index >= 15 is 0 Å². The van der Waals surface area contributed by atoms with E-state index in [-0.39, 0.29) is 11.7 Å². The second-order valence-electron chi connectivity index (χ2n) is 4.39. The summed E-state index contributed by atoms with van der Waals surface area (Å²) in [5.41, 5.74) is 1.60. The van der Waals surface area contributed by atoms with Crippen LogP contribution in [0.15, 0.2) is 12.1 Å². The second kappa shape index (κ2) is 5.89. The monoisotopic (exact) mass is 239 g/mol. The van der Waals surface area contributed by atoms with E-state index in [0.29, 0.717) is 17.9 Å². The van der Waals surface area contributed by atoms with Crippen LogP contribution < -0.4 is 10.1 Å². The molecule has 0 aliphatic rings. The Labute approximate surface area is 102 Å². The number of likely N-dealkylation sites (N-methyl/N-ethyl adjacent to an activating group) is 1. The lowest BCUT2D eigenvalue weighted by Gasteiger charge is -2.18. The van der Waals surface area contributed by atoms with Gasteiger partial charge in [0.2, 0.25) is 0 Å². The number of hydrogen-bond donors (Lipinski definition) is 3. The lowest BCUT2D eigenvalue weighted by molar-refractivity contribution is 0.172. The number of ether oxygens (including phenoxy) is 1. The molecule has 0 bridgehead atoms. The summed E-state index contributed by atoms with van der Waals surface area (Å²) in [6.07, 6.45) is -0.695. The van der Waals surface area contributed by atoms with E-state index in [1.165, 1.54) is 7.11 Å². The molecule has 1 unspecified atom stereocenters. The fraction of sp³-hybridized carbons (Fsp3) is 0.538. The maximum atomic E-state index is 10.0. The number of aliphatic hydroxyl groups is 1. The average molecular weight is 239 g/mol. The van der Waals surface area contributed by atoms with Crippen molar-refractivity contribution in [2.24, 2.45) is 0 Å². The van der Waals surface area contributed by atoms with Crippen molar-refractivity contribution in [2.75, 3.05) is 20.7 Å². The van der Waals surface area contributed by atoms with Crippen LogP contribution in [0.5, 0.6) is 11.5 Å². The summed E-state index contributed by atoms with van der Waals surface area (Å²) < 4.78 is 5.14. The zero-order chi connectivity index (χ0) is 13.0. The molecule has 0 spiro atoms. The first-order valence-electron chi connectivity index (χ1n) is 5.74. The van der Waals surface area contributed by atoms with E-state index in [1.807, 2.05) is 19.9 Å². The van der Waals surface area contributed by atoms with Gasteiger partial charge in [0.15, 0.2) is 11.5 Å². The molecule has 1 rings (SSSR count). The molecule has 17 heavy (non-hydrogen) atoms. The third-order valence-corrected chi connectivity index (χ3v) is 2.75. The molecule has 96 valence electrons. The molecule has 1 aromatic carbocycles. The third-order valence-electron chi connectivity index (χ3n) is 2.75. The molecule has 3 N–H and O–H groups in total. The van der Waals surface area contributed by atoms with Crippen LogP contribution in [-0.4, -0.2) is 30.9 Å². The zero-order valence-electron chi connectivity index (χ0n) is 10.8. The number of nitrogens with one attached hydrogen (secondary N) is 1. The Hall–Kier alpha value is -1.26. The first-order chi connectivity index (χ1) is 8.01. The largest absolute Gasteiger partial charge is 0.504 e. The van der Waals surface area contributed by atoms with Crippen molar-refractivity contribution in [1.82, 2.24) is 5.32 Å². The molecule has 4 heteroatoms. The van der Waals surface area contributed by atoms with Gasteiger partial charge in [0, 0.05) is 12.1 Å². The first kappa shape index (κ1) is 13.8. The number of aromatic hydroxyl groups is 1. The quantitative estimate of drug-likeness (QED) is 0.733. The normalized spacial score (nSPS) is 12.8. The minimum atomic E-state index is -0.695. The highest BCUT2D eigenvalue weighted by molar-refractivity contribution is 5.50. The van der Waals surface area contributed by atoms with Crippen LogP contribution in [0.1, 0.15) is 37.0 Å². The number of aliphatic hydroxyl groups excluding tert-OH is 1. The molecule has 0 aliphatic carbocycles. The molecule has 0 aliphatic heterocycles. The standard InChI is InChI=1S/C13H21NO3/c1-8(2)9-5-10(12(16)7-14-3)13(17-4)11(15)6-9/h5-6,8,12,14-16H,7H2,1-4H3. The molecule has 0 aromatic heterocycles. The van der Waals surface area contributed by atoms with Crippen molar-refractivity contribution in [3.8, 4) is 11.5 Å². The summed E-state index contributed by atoms with van der Waals surface area (Å²) in [5.74, 6) is 0.702. The maximum absolute atomic E-state index is 10.0. The van der Waals surface area contributed by atoms with Gasteiger partial charge < -0.3 is 20.3 Å². The molecule has 0 amide bonds. The predicted molar refractivity (Wildman–Crippen MR) is 67.6 cm³/mol. The summed E-state index contributed by atoms with van der Waals surface area (Å²) >= 11 is 0. The number of hydrogen-bond acceptors (Lipinski definition) is 4. The van der Waals surface area contributed by atoms with Gasteiger partial charge >= 0.3 is 0 Å². The van der Waals surface area contributed by atoms with Gasteiger partial charge in [0.05, 0.1) is 13.2 Å². The Morgan fingerprint density at radius 3 is 2.47 bits per heavy atom.